The number of rotatable bonds is 6. The fraction of sp³-hybridized carbons (Fsp3) is 0.833. The van der Waals surface area contributed by atoms with E-state index >= 15 is 0 Å². The maximum atomic E-state index is 11.7. The van der Waals surface area contributed by atoms with E-state index in [1.54, 1.807) is 4.90 Å². The molecule has 0 radical (unpaired) electrons. The van der Waals surface area contributed by atoms with E-state index in [0.717, 1.165) is 25.9 Å². The van der Waals surface area contributed by atoms with Gasteiger partial charge in [-0.25, -0.2) is 0 Å². The Hall–Kier alpha value is -1.34. The zero-order valence-electron chi connectivity index (χ0n) is 11.7. The van der Waals surface area contributed by atoms with Crippen LogP contribution in [0.2, 0.25) is 0 Å². The highest BCUT2D eigenvalue weighted by atomic mass is 16.5. The topological polar surface area (TPSA) is 91.4 Å². The van der Waals surface area contributed by atoms with Crippen LogP contribution in [0.1, 0.15) is 19.8 Å². The predicted molar refractivity (Wildman–Crippen MR) is 72.1 cm³/mol. The summed E-state index contributed by atoms with van der Waals surface area (Å²) in [6, 6.07) is -0.0466. The zero-order valence-corrected chi connectivity index (χ0v) is 11.7. The number of hydrogen-bond donors (Lipinski definition) is 2. The molecule has 0 saturated carbocycles. The van der Waals surface area contributed by atoms with E-state index < -0.39 is 0 Å². The van der Waals surface area contributed by atoms with Gasteiger partial charge < -0.3 is 20.6 Å². The maximum Gasteiger partial charge on any atom is 0.248 e. The van der Waals surface area contributed by atoms with Crippen LogP contribution in [0.5, 0.6) is 0 Å². The molecule has 1 atom stereocenters. The molecule has 0 aliphatic carbocycles. The van der Waals surface area contributed by atoms with Crippen molar-refractivity contribution in [3.63, 3.8) is 0 Å². The van der Waals surface area contributed by atoms with E-state index in [-0.39, 0.29) is 24.4 Å². The van der Waals surface area contributed by atoms with Gasteiger partial charge in [-0.15, -0.1) is 0 Å². The van der Waals surface area contributed by atoms with Crippen molar-refractivity contribution in [3.8, 4) is 0 Å². The number of ether oxygens (including phenoxy) is 1. The second-order valence-corrected chi connectivity index (χ2v) is 4.68. The van der Waals surface area contributed by atoms with Gasteiger partial charge >= 0.3 is 0 Å². The zero-order chi connectivity index (χ0) is 14.3. The number of hydrogen-bond acceptors (Lipinski definition) is 5. The van der Waals surface area contributed by atoms with Crippen molar-refractivity contribution in [2.75, 3.05) is 39.9 Å². The maximum absolute atomic E-state index is 11.7. The Balaban J connectivity index is 2.53. The number of nitrogens with zero attached hydrogens (tertiary/aromatic N) is 3. The second-order valence-electron chi connectivity index (χ2n) is 4.68. The highest BCUT2D eigenvalue weighted by Crippen LogP contribution is 2.11. The van der Waals surface area contributed by atoms with Crippen molar-refractivity contribution < 1.29 is 14.7 Å². The Morgan fingerprint density at radius 2 is 2.05 bits per heavy atom. The largest absolute Gasteiger partial charge is 0.409 e. The lowest BCUT2D eigenvalue weighted by Gasteiger charge is -2.38. The lowest BCUT2D eigenvalue weighted by molar-refractivity contribution is -0.137. The van der Waals surface area contributed by atoms with Gasteiger partial charge in [0, 0.05) is 33.3 Å². The van der Waals surface area contributed by atoms with Gasteiger partial charge in [-0.3, -0.25) is 9.69 Å². The Bertz CT molecular complexity index is 314. The summed E-state index contributed by atoms with van der Waals surface area (Å²) in [5.41, 5.74) is 5.73. The minimum Gasteiger partial charge on any atom is -0.409 e. The van der Waals surface area contributed by atoms with Crippen molar-refractivity contribution in [1.29, 1.82) is 0 Å². The molecule has 0 aromatic carbocycles. The van der Waals surface area contributed by atoms with Gasteiger partial charge in [-0.2, -0.15) is 0 Å². The molecule has 1 unspecified atom stereocenters. The first-order valence-corrected chi connectivity index (χ1v) is 6.62. The Morgan fingerprint density at radius 3 is 2.53 bits per heavy atom. The number of carbonyl (C=O) groups is 1. The van der Waals surface area contributed by atoms with Crippen LogP contribution >= 0.6 is 0 Å². The first-order valence-electron chi connectivity index (χ1n) is 6.62. The summed E-state index contributed by atoms with van der Waals surface area (Å²) in [6.07, 6.45) is 1.81. The highest BCUT2D eigenvalue weighted by molar-refractivity contribution is 5.85. The summed E-state index contributed by atoms with van der Waals surface area (Å²) in [4.78, 5) is 15.6. The third kappa shape index (κ3) is 4.36. The summed E-state index contributed by atoms with van der Waals surface area (Å²) in [5, 5.41) is 11.9. The lowest BCUT2D eigenvalue weighted by Crippen LogP contribution is -2.55. The summed E-state index contributed by atoms with van der Waals surface area (Å²) >= 11 is 0. The first kappa shape index (κ1) is 15.7. The average molecular weight is 272 g/mol. The molecule has 110 valence electrons. The Morgan fingerprint density at radius 1 is 1.42 bits per heavy atom. The van der Waals surface area contributed by atoms with Crippen LogP contribution in [-0.2, 0) is 9.53 Å². The van der Waals surface area contributed by atoms with E-state index in [4.69, 9.17) is 15.7 Å². The number of amidine groups is 1. The quantitative estimate of drug-likeness (QED) is 0.299. The first-order chi connectivity index (χ1) is 9.13. The van der Waals surface area contributed by atoms with Crippen LogP contribution in [0.25, 0.3) is 0 Å². The molecule has 1 rings (SSSR count). The normalized spacial score (nSPS) is 19.5. The summed E-state index contributed by atoms with van der Waals surface area (Å²) in [6.45, 7) is 4.96. The number of methoxy groups -OCH3 is 1. The van der Waals surface area contributed by atoms with Gasteiger partial charge in [0.25, 0.3) is 0 Å². The smallest absolute Gasteiger partial charge is 0.248 e. The fourth-order valence-corrected chi connectivity index (χ4v) is 2.36. The van der Waals surface area contributed by atoms with Gasteiger partial charge in [0.05, 0.1) is 6.04 Å². The molecule has 0 aromatic rings. The van der Waals surface area contributed by atoms with Crippen molar-refractivity contribution in [2.24, 2.45) is 10.9 Å². The highest BCUT2D eigenvalue weighted by Gasteiger charge is 2.27. The average Bonchev–Trinajstić information content (AvgIpc) is 2.44. The number of nitrogens with two attached hydrogens (primary N) is 1. The molecule has 1 aliphatic rings. The van der Waals surface area contributed by atoms with Gasteiger partial charge in [0.2, 0.25) is 5.91 Å². The molecule has 1 saturated heterocycles. The van der Waals surface area contributed by atoms with E-state index in [1.165, 1.54) is 7.11 Å². The van der Waals surface area contributed by atoms with E-state index in [0.29, 0.717) is 13.1 Å². The molecule has 3 N–H and O–H groups in total. The fourth-order valence-electron chi connectivity index (χ4n) is 2.36. The molecular formula is C12H24N4O3. The third-order valence-electron chi connectivity index (χ3n) is 3.39. The summed E-state index contributed by atoms with van der Waals surface area (Å²) in [7, 11) is 1.52. The molecule has 0 spiro atoms. The van der Waals surface area contributed by atoms with Gasteiger partial charge in [0.1, 0.15) is 6.61 Å². The van der Waals surface area contributed by atoms with Crippen molar-refractivity contribution in [1.82, 2.24) is 9.80 Å². The van der Waals surface area contributed by atoms with E-state index in [1.807, 2.05) is 0 Å². The molecule has 1 heterocycles. The molecule has 1 aliphatic heterocycles. The molecule has 1 fully saturated rings. The molecule has 1 amide bonds. The predicted octanol–water partition coefficient (Wildman–Crippen LogP) is -0.308. The van der Waals surface area contributed by atoms with Crippen molar-refractivity contribution in [3.05, 3.63) is 0 Å². The molecule has 0 bridgehead atoms. The van der Waals surface area contributed by atoms with Crippen molar-refractivity contribution in [2.45, 2.75) is 25.8 Å². The third-order valence-corrected chi connectivity index (χ3v) is 3.39. The molecule has 19 heavy (non-hydrogen) atoms. The van der Waals surface area contributed by atoms with Gasteiger partial charge in [0.15, 0.2) is 5.84 Å². The number of carbonyl (C=O) groups excluding carboxylic acids is 1. The lowest BCUT2D eigenvalue weighted by atomic mass is 10.1. The summed E-state index contributed by atoms with van der Waals surface area (Å²) in [5.74, 6) is 0.261. The Kier molecular flexibility index (Phi) is 6.58. The van der Waals surface area contributed by atoms with Gasteiger partial charge in [-0.1, -0.05) is 18.5 Å². The minimum atomic E-state index is -0.0466. The molecule has 7 heteroatoms. The van der Waals surface area contributed by atoms with Crippen LogP contribution < -0.4 is 5.73 Å². The molecule has 0 aromatic heterocycles. The van der Waals surface area contributed by atoms with E-state index in [9.17, 15) is 4.79 Å². The second kappa shape index (κ2) is 7.96. The van der Waals surface area contributed by atoms with Crippen LogP contribution in [0, 0.1) is 0 Å². The number of piperazine rings is 1. The van der Waals surface area contributed by atoms with Crippen LogP contribution in [0.4, 0.5) is 0 Å². The Labute approximate surface area is 114 Å². The van der Waals surface area contributed by atoms with E-state index in [2.05, 4.69) is 17.0 Å². The van der Waals surface area contributed by atoms with Crippen LogP contribution in [-0.4, -0.2) is 72.7 Å². The monoisotopic (exact) mass is 272 g/mol. The molecule has 7 nitrogen and oxygen atoms in total. The van der Waals surface area contributed by atoms with Crippen molar-refractivity contribution >= 4 is 11.7 Å². The SMILES string of the molecule is CCCC(C(N)=NO)N1CCN(C(=O)COC)CC1. The molecular weight excluding hydrogens is 248 g/mol. The summed E-state index contributed by atoms with van der Waals surface area (Å²) < 4.78 is 4.85. The minimum absolute atomic E-state index is 0.0120. The number of amides is 1. The van der Waals surface area contributed by atoms with Crippen LogP contribution in [0.15, 0.2) is 5.16 Å². The number of oxime groups is 1. The van der Waals surface area contributed by atoms with Crippen LogP contribution in [0.3, 0.4) is 0 Å². The van der Waals surface area contributed by atoms with Gasteiger partial charge in [-0.05, 0) is 6.42 Å². The standard InChI is InChI=1S/C12H24N4O3/c1-3-4-10(12(13)14-18)15-5-7-16(8-6-15)11(17)9-19-2/h10,18H,3-9H2,1-2H3,(H2,13,14).